The van der Waals surface area contributed by atoms with Crippen LogP contribution in [0.2, 0.25) is 0 Å². The fourth-order valence-electron chi connectivity index (χ4n) is 1.37. The number of nitrogens with zero attached hydrogens (tertiary/aromatic N) is 2. The zero-order valence-corrected chi connectivity index (χ0v) is 11.6. The summed E-state index contributed by atoms with van der Waals surface area (Å²) < 4.78 is 51.2. The van der Waals surface area contributed by atoms with Gasteiger partial charge in [-0.25, -0.2) is 12.8 Å². The second-order valence-corrected chi connectivity index (χ2v) is 5.99. The van der Waals surface area contributed by atoms with E-state index in [1.165, 1.54) is 0 Å². The van der Waals surface area contributed by atoms with Crippen molar-refractivity contribution < 1.29 is 32.0 Å². The highest BCUT2D eigenvalue weighted by atomic mass is 32.2. The molecule has 0 aliphatic carbocycles. The van der Waals surface area contributed by atoms with E-state index in [-0.39, 0.29) is 12.1 Å². The summed E-state index contributed by atoms with van der Waals surface area (Å²) >= 11 is 0. The molecule has 21 heavy (non-hydrogen) atoms. The summed E-state index contributed by atoms with van der Waals surface area (Å²) in [6, 6.07) is -1.27. The van der Waals surface area contributed by atoms with Gasteiger partial charge in [0.2, 0.25) is 15.8 Å². The third kappa shape index (κ3) is 3.13. The third-order valence-corrected chi connectivity index (χ3v) is 4.70. The van der Waals surface area contributed by atoms with Crippen LogP contribution in [-0.2, 0) is 14.8 Å². The Hall–Kier alpha value is -2.14. The van der Waals surface area contributed by atoms with Crippen molar-refractivity contribution in [3.8, 4) is 0 Å². The molecule has 0 fully saturated rings. The van der Waals surface area contributed by atoms with E-state index in [1.807, 2.05) is 0 Å². The molecule has 11 heteroatoms. The predicted octanol–water partition coefficient (Wildman–Crippen LogP) is 0.967. The van der Waals surface area contributed by atoms with E-state index in [0.29, 0.717) is 4.31 Å². The molecule has 0 saturated heterocycles. The highest BCUT2D eigenvalue weighted by Gasteiger charge is 2.34. The number of hydrogen-bond donors (Lipinski definition) is 1. The van der Waals surface area contributed by atoms with E-state index in [9.17, 15) is 32.1 Å². The summed E-state index contributed by atoms with van der Waals surface area (Å²) in [6.45, 7) is 1.02. The first-order chi connectivity index (χ1) is 9.50. The number of halogens is 2. The number of likely N-dealkylation sites (N-methyl/N-ethyl adjacent to an activating group) is 1. The monoisotopic (exact) mass is 324 g/mol. The quantitative estimate of drug-likeness (QED) is 0.637. The average molecular weight is 324 g/mol. The van der Waals surface area contributed by atoms with Gasteiger partial charge in [-0.15, -0.1) is 0 Å². The molecule has 0 radical (unpaired) electrons. The number of aliphatic carboxylic acids is 1. The molecular formula is C10H10F2N2O6S. The molecular weight excluding hydrogens is 314 g/mol. The van der Waals surface area contributed by atoms with Crippen LogP contribution in [0.1, 0.15) is 6.92 Å². The lowest BCUT2D eigenvalue weighted by molar-refractivity contribution is -0.387. The van der Waals surface area contributed by atoms with Gasteiger partial charge in [0.25, 0.3) is 0 Å². The summed E-state index contributed by atoms with van der Waals surface area (Å²) in [5, 5.41) is 19.3. The molecule has 0 aliphatic rings. The topological polar surface area (TPSA) is 118 Å². The van der Waals surface area contributed by atoms with E-state index in [0.717, 1.165) is 14.0 Å². The van der Waals surface area contributed by atoms with Gasteiger partial charge in [-0.2, -0.15) is 8.70 Å². The van der Waals surface area contributed by atoms with Crippen LogP contribution in [0.3, 0.4) is 0 Å². The van der Waals surface area contributed by atoms with Crippen LogP contribution >= 0.6 is 0 Å². The minimum atomic E-state index is -4.68. The Labute approximate surface area is 117 Å². The molecule has 1 aromatic carbocycles. The van der Waals surface area contributed by atoms with Crippen LogP contribution in [0.25, 0.3) is 0 Å². The van der Waals surface area contributed by atoms with Crippen molar-refractivity contribution in [1.82, 2.24) is 4.31 Å². The fraction of sp³-hybridized carbons (Fsp3) is 0.300. The van der Waals surface area contributed by atoms with E-state index >= 15 is 0 Å². The minimum absolute atomic E-state index is 0.0598. The number of carboxylic acids is 1. The SMILES string of the molecule is CC(C(=O)O)N(C)S(=O)(=O)c1cc([N+](=O)[O-])c(F)cc1F. The second-order valence-electron chi connectivity index (χ2n) is 4.03. The highest BCUT2D eigenvalue weighted by Crippen LogP contribution is 2.27. The lowest BCUT2D eigenvalue weighted by Gasteiger charge is -2.21. The Morgan fingerprint density at radius 1 is 1.38 bits per heavy atom. The van der Waals surface area contributed by atoms with Crippen molar-refractivity contribution in [1.29, 1.82) is 0 Å². The van der Waals surface area contributed by atoms with Crippen molar-refractivity contribution in [3.63, 3.8) is 0 Å². The van der Waals surface area contributed by atoms with Crippen molar-refractivity contribution in [2.75, 3.05) is 7.05 Å². The number of nitro groups is 1. The molecule has 1 aromatic rings. The molecule has 0 heterocycles. The largest absolute Gasteiger partial charge is 0.480 e. The number of carboxylic acid groups (broad SMARTS) is 1. The van der Waals surface area contributed by atoms with Crippen molar-refractivity contribution in [2.45, 2.75) is 17.9 Å². The molecule has 0 aliphatic heterocycles. The number of sulfonamides is 1. The van der Waals surface area contributed by atoms with Gasteiger partial charge < -0.3 is 5.11 Å². The van der Waals surface area contributed by atoms with Gasteiger partial charge in [0.1, 0.15) is 16.8 Å². The van der Waals surface area contributed by atoms with E-state index in [4.69, 9.17) is 5.11 Å². The number of benzene rings is 1. The van der Waals surface area contributed by atoms with E-state index in [1.54, 1.807) is 0 Å². The van der Waals surface area contributed by atoms with Crippen molar-refractivity contribution in [3.05, 3.63) is 33.9 Å². The fourth-order valence-corrected chi connectivity index (χ4v) is 2.76. The maximum Gasteiger partial charge on any atom is 0.321 e. The maximum atomic E-state index is 13.6. The second kappa shape index (κ2) is 5.69. The standard InChI is InChI=1S/C10H10F2N2O6S/c1-5(10(15)16)13(2)21(19,20)9-4-8(14(17)18)6(11)3-7(9)12/h3-5H,1-2H3,(H,15,16). The molecule has 1 unspecified atom stereocenters. The summed E-state index contributed by atoms with van der Waals surface area (Å²) in [6.07, 6.45) is 0. The molecule has 0 bridgehead atoms. The van der Waals surface area contributed by atoms with Crippen LogP contribution < -0.4 is 0 Å². The van der Waals surface area contributed by atoms with Gasteiger partial charge in [0.05, 0.1) is 4.92 Å². The van der Waals surface area contributed by atoms with Crippen LogP contribution in [0, 0.1) is 21.7 Å². The third-order valence-electron chi connectivity index (χ3n) is 2.76. The Kier molecular flexibility index (Phi) is 4.59. The Morgan fingerprint density at radius 3 is 2.33 bits per heavy atom. The Bertz CT molecular complexity index is 706. The lowest BCUT2D eigenvalue weighted by atomic mass is 10.3. The zero-order valence-electron chi connectivity index (χ0n) is 10.8. The molecule has 1 atom stereocenters. The van der Waals surface area contributed by atoms with Crippen LogP contribution in [-0.4, -0.2) is 41.8 Å². The first kappa shape index (κ1) is 16.9. The summed E-state index contributed by atoms with van der Waals surface area (Å²) in [5.74, 6) is -4.59. The van der Waals surface area contributed by atoms with E-state index < -0.39 is 49.2 Å². The minimum Gasteiger partial charge on any atom is -0.480 e. The lowest BCUT2D eigenvalue weighted by Crippen LogP contribution is -2.40. The molecule has 8 nitrogen and oxygen atoms in total. The molecule has 116 valence electrons. The van der Waals surface area contributed by atoms with Gasteiger partial charge >= 0.3 is 11.7 Å². The van der Waals surface area contributed by atoms with Crippen LogP contribution in [0.4, 0.5) is 14.5 Å². The molecule has 1 rings (SSSR count). The van der Waals surface area contributed by atoms with Gasteiger partial charge in [-0.1, -0.05) is 0 Å². The summed E-state index contributed by atoms with van der Waals surface area (Å²) in [4.78, 5) is 18.9. The highest BCUT2D eigenvalue weighted by molar-refractivity contribution is 7.89. The summed E-state index contributed by atoms with van der Waals surface area (Å²) in [5.41, 5.74) is -1.23. The number of carbonyl (C=O) groups is 1. The average Bonchev–Trinajstić information content (AvgIpc) is 2.35. The summed E-state index contributed by atoms with van der Waals surface area (Å²) in [7, 11) is -3.82. The number of hydrogen-bond acceptors (Lipinski definition) is 5. The van der Waals surface area contributed by atoms with E-state index in [2.05, 4.69) is 0 Å². The van der Waals surface area contributed by atoms with Gasteiger partial charge in [-0.05, 0) is 6.92 Å². The normalized spacial score (nSPS) is 13.2. The number of rotatable bonds is 5. The van der Waals surface area contributed by atoms with Crippen LogP contribution in [0.15, 0.2) is 17.0 Å². The molecule has 0 amide bonds. The van der Waals surface area contributed by atoms with Gasteiger partial charge in [-0.3, -0.25) is 14.9 Å². The maximum absolute atomic E-state index is 13.6. The first-order valence-electron chi connectivity index (χ1n) is 5.34. The van der Waals surface area contributed by atoms with Crippen molar-refractivity contribution in [2.24, 2.45) is 0 Å². The molecule has 0 saturated carbocycles. The number of nitro benzene ring substituents is 1. The smallest absolute Gasteiger partial charge is 0.321 e. The molecule has 1 N–H and O–H groups in total. The van der Waals surface area contributed by atoms with Crippen molar-refractivity contribution >= 4 is 21.7 Å². The van der Waals surface area contributed by atoms with Gasteiger partial charge in [0.15, 0.2) is 0 Å². The first-order valence-corrected chi connectivity index (χ1v) is 6.78. The predicted molar refractivity (Wildman–Crippen MR) is 65.1 cm³/mol. The van der Waals surface area contributed by atoms with Gasteiger partial charge in [0, 0.05) is 19.2 Å². The zero-order chi connectivity index (χ0) is 16.5. The Morgan fingerprint density at radius 2 is 1.90 bits per heavy atom. The van der Waals surface area contributed by atoms with Crippen LogP contribution in [0.5, 0.6) is 0 Å². The Balaban J connectivity index is 3.48. The molecule has 0 aromatic heterocycles. The molecule has 0 spiro atoms.